The Labute approximate surface area is 97.2 Å². The van der Waals surface area contributed by atoms with E-state index in [1.807, 2.05) is 6.08 Å². The SMILES string of the molecule is [2H]C/C=C(\C)CC/C=C(\C)CCC=C(C)C. The highest BCUT2D eigenvalue weighted by molar-refractivity contribution is 5.04. The van der Waals surface area contributed by atoms with Crippen molar-refractivity contribution in [3.05, 3.63) is 34.9 Å². The first-order valence-corrected chi connectivity index (χ1v) is 5.80. The van der Waals surface area contributed by atoms with Gasteiger partial charge in [-0.15, -0.1) is 0 Å². The first-order chi connectivity index (χ1) is 7.56. The molecule has 0 aromatic heterocycles. The second-order valence-electron chi connectivity index (χ2n) is 4.46. The number of rotatable bonds is 6. The highest BCUT2D eigenvalue weighted by Gasteiger charge is 1.90. The highest BCUT2D eigenvalue weighted by Crippen LogP contribution is 2.10. The van der Waals surface area contributed by atoms with Crippen molar-refractivity contribution in [1.82, 2.24) is 0 Å². The van der Waals surface area contributed by atoms with Crippen LogP contribution in [0.5, 0.6) is 0 Å². The van der Waals surface area contributed by atoms with Crippen LogP contribution in [-0.4, -0.2) is 0 Å². The van der Waals surface area contributed by atoms with Gasteiger partial charge in [-0.1, -0.05) is 34.9 Å². The third-order valence-electron chi connectivity index (χ3n) is 2.47. The van der Waals surface area contributed by atoms with E-state index in [0.29, 0.717) is 6.90 Å². The predicted octanol–water partition coefficient (Wildman–Crippen LogP) is 5.43. The van der Waals surface area contributed by atoms with E-state index in [1.54, 1.807) is 0 Å². The van der Waals surface area contributed by atoms with Gasteiger partial charge in [0.15, 0.2) is 0 Å². The normalized spacial score (nSPS) is 13.7. The van der Waals surface area contributed by atoms with Crippen LogP contribution in [0.1, 0.15) is 61.6 Å². The van der Waals surface area contributed by atoms with Crippen LogP contribution in [0.15, 0.2) is 34.9 Å². The zero-order valence-electron chi connectivity index (χ0n) is 11.8. The molecule has 0 aliphatic carbocycles. The zero-order valence-corrected chi connectivity index (χ0v) is 10.8. The van der Waals surface area contributed by atoms with Gasteiger partial charge >= 0.3 is 0 Å². The fraction of sp³-hybridized carbons (Fsp3) is 0.600. The molecular formula is C15H26. The van der Waals surface area contributed by atoms with Gasteiger partial charge in [-0.25, -0.2) is 0 Å². The average Bonchev–Trinajstić information content (AvgIpc) is 2.17. The first kappa shape index (κ1) is 12.3. The average molecular weight is 207 g/mol. The molecule has 0 heterocycles. The van der Waals surface area contributed by atoms with Crippen molar-refractivity contribution in [1.29, 1.82) is 0 Å². The Bertz CT molecular complexity index is 265. The molecule has 0 bridgehead atoms. The summed E-state index contributed by atoms with van der Waals surface area (Å²) < 4.78 is 7.09. The van der Waals surface area contributed by atoms with Gasteiger partial charge < -0.3 is 0 Å². The molecule has 0 fully saturated rings. The Balaban J connectivity index is 3.79. The van der Waals surface area contributed by atoms with Crippen molar-refractivity contribution >= 4 is 0 Å². The Morgan fingerprint density at radius 2 is 1.53 bits per heavy atom. The van der Waals surface area contributed by atoms with E-state index in [-0.39, 0.29) is 0 Å². The maximum atomic E-state index is 7.09. The lowest BCUT2D eigenvalue weighted by atomic mass is 10.1. The summed E-state index contributed by atoms with van der Waals surface area (Å²) in [6.07, 6.45) is 11.2. The fourth-order valence-electron chi connectivity index (χ4n) is 1.34. The molecule has 0 saturated carbocycles. The number of allylic oxidation sites excluding steroid dienone is 6. The Kier molecular flexibility index (Phi) is 6.98. The summed E-state index contributed by atoms with van der Waals surface area (Å²) in [5, 5.41) is 0. The van der Waals surface area contributed by atoms with Gasteiger partial charge in [0.2, 0.25) is 0 Å². The van der Waals surface area contributed by atoms with Gasteiger partial charge in [-0.3, -0.25) is 0 Å². The van der Waals surface area contributed by atoms with Crippen molar-refractivity contribution in [3.63, 3.8) is 0 Å². The van der Waals surface area contributed by atoms with E-state index in [2.05, 4.69) is 39.8 Å². The van der Waals surface area contributed by atoms with E-state index in [1.165, 1.54) is 23.1 Å². The van der Waals surface area contributed by atoms with Gasteiger partial charge in [0.05, 0.1) is 0 Å². The minimum Gasteiger partial charge on any atom is -0.0887 e. The summed E-state index contributed by atoms with van der Waals surface area (Å²) in [6, 6.07) is 0. The Morgan fingerprint density at radius 3 is 2.13 bits per heavy atom. The van der Waals surface area contributed by atoms with Gasteiger partial charge in [-0.2, -0.15) is 0 Å². The molecule has 0 heteroatoms. The molecule has 0 unspecified atom stereocenters. The van der Waals surface area contributed by atoms with Gasteiger partial charge in [-0.05, 0) is 60.3 Å². The van der Waals surface area contributed by atoms with Crippen LogP contribution < -0.4 is 0 Å². The van der Waals surface area contributed by atoms with Crippen LogP contribution in [0.3, 0.4) is 0 Å². The molecule has 0 N–H and O–H groups in total. The van der Waals surface area contributed by atoms with Crippen molar-refractivity contribution in [2.75, 3.05) is 0 Å². The largest absolute Gasteiger partial charge is 0.0887 e. The monoisotopic (exact) mass is 207 g/mol. The lowest BCUT2D eigenvalue weighted by molar-refractivity contribution is 0.917. The number of hydrogen-bond acceptors (Lipinski definition) is 0. The molecule has 0 nitrogen and oxygen atoms in total. The number of hydrogen-bond donors (Lipinski definition) is 0. The zero-order chi connectivity index (χ0) is 12.4. The van der Waals surface area contributed by atoms with E-state index in [9.17, 15) is 0 Å². The maximum absolute atomic E-state index is 7.09. The molecule has 0 rings (SSSR count). The van der Waals surface area contributed by atoms with Crippen molar-refractivity contribution in [2.24, 2.45) is 0 Å². The van der Waals surface area contributed by atoms with Gasteiger partial charge in [0, 0.05) is 1.37 Å². The third-order valence-corrected chi connectivity index (χ3v) is 2.47. The van der Waals surface area contributed by atoms with E-state index in [0.717, 1.165) is 19.3 Å². The molecule has 0 spiro atoms. The van der Waals surface area contributed by atoms with Crippen LogP contribution in [-0.2, 0) is 0 Å². The Morgan fingerprint density at radius 1 is 0.933 bits per heavy atom. The van der Waals surface area contributed by atoms with Crippen LogP contribution in [0, 0.1) is 0 Å². The summed E-state index contributed by atoms with van der Waals surface area (Å²) in [7, 11) is 0. The van der Waals surface area contributed by atoms with Crippen LogP contribution >= 0.6 is 0 Å². The van der Waals surface area contributed by atoms with Crippen molar-refractivity contribution < 1.29 is 1.37 Å². The maximum Gasteiger partial charge on any atom is 0.0273 e. The third kappa shape index (κ3) is 9.52. The molecule has 0 atom stereocenters. The fourth-order valence-corrected chi connectivity index (χ4v) is 1.34. The molecule has 86 valence electrons. The summed E-state index contributed by atoms with van der Waals surface area (Å²) in [5.41, 5.74) is 4.22. The van der Waals surface area contributed by atoms with Gasteiger partial charge in [0.25, 0.3) is 0 Å². The molecule has 0 aromatic rings. The second kappa shape index (κ2) is 8.52. The van der Waals surface area contributed by atoms with Crippen LogP contribution in [0.4, 0.5) is 0 Å². The first-order valence-electron chi connectivity index (χ1n) is 6.50. The predicted molar refractivity (Wildman–Crippen MR) is 71.1 cm³/mol. The highest BCUT2D eigenvalue weighted by atomic mass is 14.0. The summed E-state index contributed by atoms with van der Waals surface area (Å²) in [5.74, 6) is 0. The van der Waals surface area contributed by atoms with Gasteiger partial charge in [0.1, 0.15) is 0 Å². The van der Waals surface area contributed by atoms with Crippen LogP contribution in [0.2, 0.25) is 0 Å². The molecular weight excluding hydrogens is 180 g/mol. The van der Waals surface area contributed by atoms with E-state index < -0.39 is 0 Å². The minimum absolute atomic E-state index is 0.412. The summed E-state index contributed by atoms with van der Waals surface area (Å²) >= 11 is 0. The smallest absolute Gasteiger partial charge is 0.0273 e. The summed E-state index contributed by atoms with van der Waals surface area (Å²) in [6.45, 7) is 9.03. The second-order valence-corrected chi connectivity index (χ2v) is 4.46. The molecule has 0 saturated heterocycles. The molecule has 0 aliphatic heterocycles. The minimum atomic E-state index is 0.412. The lowest BCUT2D eigenvalue weighted by Gasteiger charge is -2.00. The Hall–Kier alpha value is -0.780. The molecule has 0 radical (unpaired) electrons. The van der Waals surface area contributed by atoms with E-state index >= 15 is 0 Å². The topological polar surface area (TPSA) is 0 Å². The van der Waals surface area contributed by atoms with E-state index in [4.69, 9.17) is 1.37 Å². The molecule has 0 aromatic carbocycles. The van der Waals surface area contributed by atoms with Crippen LogP contribution in [0.25, 0.3) is 0 Å². The lowest BCUT2D eigenvalue weighted by Crippen LogP contribution is -1.80. The molecule has 0 amide bonds. The van der Waals surface area contributed by atoms with Crippen molar-refractivity contribution in [2.45, 2.75) is 60.3 Å². The standard InChI is InChI=1S/C15H26/c1-6-14(4)10-8-12-15(5)11-7-9-13(2)3/h6,9,12H,7-8,10-11H2,1-5H3/b14-6+,15-12+/i1D. The van der Waals surface area contributed by atoms with Crippen molar-refractivity contribution in [3.8, 4) is 0 Å². The summed E-state index contributed by atoms with van der Waals surface area (Å²) in [4.78, 5) is 0. The molecule has 0 aliphatic rings. The quantitative estimate of drug-likeness (QED) is 0.510. The molecule has 15 heavy (non-hydrogen) atoms.